The quantitative estimate of drug-likeness (QED) is 0.788. The molecule has 0 aliphatic heterocycles. The molecule has 0 bridgehead atoms. The SMILES string of the molecule is O=c1[nH]ccc(-c2cc(Cl)ccc2-n2cnnn2)c1Cl. The predicted molar refractivity (Wildman–Crippen MR) is 75.2 cm³/mol. The number of nitrogens with one attached hydrogen (secondary N) is 1. The monoisotopic (exact) mass is 307 g/mol. The van der Waals surface area contributed by atoms with E-state index in [1.807, 2.05) is 0 Å². The van der Waals surface area contributed by atoms with Crippen LogP contribution in [0.2, 0.25) is 10.0 Å². The van der Waals surface area contributed by atoms with Crippen molar-refractivity contribution in [3.8, 4) is 16.8 Å². The van der Waals surface area contributed by atoms with Crippen molar-refractivity contribution in [1.82, 2.24) is 25.2 Å². The number of halogens is 2. The molecule has 1 N–H and O–H groups in total. The van der Waals surface area contributed by atoms with Crippen molar-refractivity contribution < 1.29 is 0 Å². The van der Waals surface area contributed by atoms with Gasteiger partial charge in [-0.2, -0.15) is 4.68 Å². The summed E-state index contributed by atoms with van der Waals surface area (Å²) in [5, 5.41) is 11.6. The highest BCUT2D eigenvalue weighted by molar-refractivity contribution is 6.33. The third kappa shape index (κ3) is 2.19. The second-order valence-corrected chi connectivity index (χ2v) is 4.76. The van der Waals surface area contributed by atoms with Crippen LogP contribution in [0.1, 0.15) is 0 Å². The van der Waals surface area contributed by atoms with Crippen LogP contribution in [0.4, 0.5) is 0 Å². The number of pyridine rings is 1. The molecule has 0 aliphatic carbocycles. The van der Waals surface area contributed by atoms with Crippen LogP contribution >= 0.6 is 23.2 Å². The van der Waals surface area contributed by atoms with E-state index in [0.29, 0.717) is 21.8 Å². The molecule has 3 aromatic rings. The lowest BCUT2D eigenvalue weighted by Gasteiger charge is -2.10. The Kier molecular flexibility index (Phi) is 3.25. The van der Waals surface area contributed by atoms with E-state index in [1.54, 1.807) is 24.3 Å². The molecule has 2 aromatic heterocycles. The summed E-state index contributed by atoms with van der Waals surface area (Å²) in [6.07, 6.45) is 2.97. The van der Waals surface area contributed by atoms with E-state index >= 15 is 0 Å². The first-order chi connectivity index (χ1) is 9.66. The third-order valence-electron chi connectivity index (χ3n) is 2.74. The molecule has 0 aliphatic rings. The molecule has 0 spiro atoms. The van der Waals surface area contributed by atoms with Gasteiger partial charge in [0.2, 0.25) is 0 Å². The number of nitrogens with zero attached hydrogens (tertiary/aromatic N) is 4. The third-order valence-corrected chi connectivity index (χ3v) is 3.36. The van der Waals surface area contributed by atoms with Crippen molar-refractivity contribution in [2.75, 3.05) is 0 Å². The second-order valence-electron chi connectivity index (χ2n) is 3.95. The van der Waals surface area contributed by atoms with Crippen LogP contribution in [-0.2, 0) is 0 Å². The molecule has 6 nitrogen and oxygen atoms in total. The van der Waals surface area contributed by atoms with E-state index in [9.17, 15) is 4.79 Å². The minimum atomic E-state index is -0.369. The molecule has 0 unspecified atom stereocenters. The number of aromatic nitrogens is 5. The number of hydrogen-bond donors (Lipinski definition) is 1. The van der Waals surface area contributed by atoms with Gasteiger partial charge in [-0.3, -0.25) is 4.79 Å². The van der Waals surface area contributed by atoms with Crippen molar-refractivity contribution in [3.05, 3.63) is 57.2 Å². The van der Waals surface area contributed by atoms with E-state index in [0.717, 1.165) is 0 Å². The first-order valence-electron chi connectivity index (χ1n) is 5.57. The molecule has 20 heavy (non-hydrogen) atoms. The predicted octanol–water partition coefficient (Wildman–Crippen LogP) is 2.32. The standard InChI is InChI=1S/C12H7Cl2N5O/c13-7-1-2-10(19-6-16-17-18-19)9(5-7)8-3-4-15-12(20)11(8)14/h1-6H,(H,15,20). The van der Waals surface area contributed by atoms with Crippen LogP contribution in [-0.4, -0.2) is 25.2 Å². The molecule has 8 heteroatoms. The number of hydrogen-bond acceptors (Lipinski definition) is 4. The van der Waals surface area contributed by atoms with Crippen LogP contribution in [0, 0.1) is 0 Å². The molecule has 100 valence electrons. The zero-order chi connectivity index (χ0) is 14.1. The highest BCUT2D eigenvalue weighted by Gasteiger charge is 2.13. The molecule has 0 atom stereocenters. The second kappa shape index (κ2) is 5.07. The van der Waals surface area contributed by atoms with E-state index in [4.69, 9.17) is 23.2 Å². The molecular weight excluding hydrogens is 301 g/mol. The summed E-state index contributed by atoms with van der Waals surface area (Å²) in [5.74, 6) is 0. The van der Waals surface area contributed by atoms with E-state index in [2.05, 4.69) is 20.5 Å². The van der Waals surface area contributed by atoms with Gasteiger partial charge < -0.3 is 4.98 Å². The lowest BCUT2D eigenvalue weighted by molar-refractivity contribution is 0.790. The minimum Gasteiger partial charge on any atom is -0.328 e. The smallest absolute Gasteiger partial charge is 0.267 e. The molecular formula is C12H7Cl2N5O. The molecule has 1 aromatic carbocycles. The maximum atomic E-state index is 11.6. The molecule has 2 heterocycles. The molecule has 0 fully saturated rings. The van der Waals surface area contributed by atoms with Gasteiger partial charge in [-0.25, -0.2) is 0 Å². The fourth-order valence-electron chi connectivity index (χ4n) is 1.86. The van der Waals surface area contributed by atoms with Gasteiger partial charge in [0.15, 0.2) is 0 Å². The highest BCUT2D eigenvalue weighted by atomic mass is 35.5. The first-order valence-corrected chi connectivity index (χ1v) is 6.33. The topological polar surface area (TPSA) is 76.5 Å². The van der Waals surface area contributed by atoms with Gasteiger partial charge in [-0.05, 0) is 34.7 Å². The van der Waals surface area contributed by atoms with Gasteiger partial charge in [0, 0.05) is 22.3 Å². The molecule has 0 saturated heterocycles. The van der Waals surface area contributed by atoms with Crippen LogP contribution in [0.25, 0.3) is 16.8 Å². The lowest BCUT2D eigenvalue weighted by atomic mass is 10.0. The minimum absolute atomic E-state index is 0.0871. The lowest BCUT2D eigenvalue weighted by Crippen LogP contribution is -2.07. The zero-order valence-electron chi connectivity index (χ0n) is 9.92. The first kappa shape index (κ1) is 12.8. The fourth-order valence-corrected chi connectivity index (χ4v) is 2.25. The Labute approximate surface area is 123 Å². The maximum absolute atomic E-state index is 11.6. The Morgan fingerprint density at radius 3 is 2.75 bits per heavy atom. The summed E-state index contributed by atoms with van der Waals surface area (Å²) in [6, 6.07) is 6.87. The number of benzene rings is 1. The van der Waals surface area contributed by atoms with Gasteiger partial charge in [0.1, 0.15) is 11.3 Å². The highest BCUT2D eigenvalue weighted by Crippen LogP contribution is 2.32. The van der Waals surface area contributed by atoms with Gasteiger partial charge in [-0.1, -0.05) is 23.2 Å². The van der Waals surface area contributed by atoms with Gasteiger partial charge in [-0.15, -0.1) is 5.10 Å². The van der Waals surface area contributed by atoms with Gasteiger partial charge >= 0.3 is 0 Å². The Balaban J connectivity index is 2.30. The van der Waals surface area contributed by atoms with Gasteiger partial charge in [0.05, 0.1) is 5.69 Å². The van der Waals surface area contributed by atoms with Gasteiger partial charge in [0.25, 0.3) is 5.56 Å². The van der Waals surface area contributed by atoms with Crippen molar-refractivity contribution >= 4 is 23.2 Å². The van der Waals surface area contributed by atoms with Crippen molar-refractivity contribution in [1.29, 1.82) is 0 Å². The molecule has 3 rings (SSSR count). The Morgan fingerprint density at radius 2 is 2.00 bits per heavy atom. The maximum Gasteiger partial charge on any atom is 0.267 e. The Bertz CT molecular complexity index is 813. The van der Waals surface area contributed by atoms with E-state index in [-0.39, 0.29) is 10.6 Å². The summed E-state index contributed by atoms with van der Waals surface area (Å²) in [6.45, 7) is 0. The zero-order valence-corrected chi connectivity index (χ0v) is 11.4. The summed E-state index contributed by atoms with van der Waals surface area (Å²) < 4.78 is 1.48. The number of aromatic amines is 1. The van der Waals surface area contributed by atoms with Crippen molar-refractivity contribution in [2.24, 2.45) is 0 Å². The average Bonchev–Trinajstić information content (AvgIpc) is 2.96. The molecule has 0 amide bonds. The Hall–Kier alpha value is -2.18. The summed E-state index contributed by atoms with van der Waals surface area (Å²) in [4.78, 5) is 14.1. The van der Waals surface area contributed by atoms with Crippen LogP contribution in [0.5, 0.6) is 0 Å². The largest absolute Gasteiger partial charge is 0.328 e. The number of tetrazole rings is 1. The van der Waals surface area contributed by atoms with Crippen LogP contribution < -0.4 is 5.56 Å². The molecule has 0 saturated carbocycles. The van der Waals surface area contributed by atoms with Crippen LogP contribution in [0.3, 0.4) is 0 Å². The fraction of sp³-hybridized carbons (Fsp3) is 0. The van der Waals surface area contributed by atoms with E-state index in [1.165, 1.54) is 17.2 Å². The average molecular weight is 308 g/mol. The van der Waals surface area contributed by atoms with Crippen molar-refractivity contribution in [3.63, 3.8) is 0 Å². The number of rotatable bonds is 2. The summed E-state index contributed by atoms with van der Waals surface area (Å²) in [5.41, 5.74) is 1.53. The Morgan fingerprint density at radius 1 is 1.15 bits per heavy atom. The van der Waals surface area contributed by atoms with Crippen molar-refractivity contribution in [2.45, 2.75) is 0 Å². The summed E-state index contributed by atoms with van der Waals surface area (Å²) in [7, 11) is 0. The molecule has 0 radical (unpaired) electrons. The van der Waals surface area contributed by atoms with Crippen LogP contribution in [0.15, 0.2) is 41.6 Å². The van der Waals surface area contributed by atoms with E-state index < -0.39 is 0 Å². The number of H-pyrrole nitrogens is 1. The normalized spacial score (nSPS) is 10.7. The summed E-state index contributed by atoms with van der Waals surface area (Å²) >= 11 is 12.1.